The molecule has 1 aliphatic rings. The maximum atomic E-state index is 12.5. The van der Waals surface area contributed by atoms with Crippen LogP contribution in [0.4, 0.5) is 5.69 Å². The number of carbonyl (C=O) groups is 2. The van der Waals surface area contributed by atoms with Crippen LogP contribution in [0.5, 0.6) is 0 Å². The van der Waals surface area contributed by atoms with Crippen molar-refractivity contribution in [3.63, 3.8) is 0 Å². The normalized spacial score (nSPS) is 14.9. The van der Waals surface area contributed by atoms with E-state index >= 15 is 0 Å². The van der Waals surface area contributed by atoms with Crippen LogP contribution in [0.25, 0.3) is 0 Å². The molecule has 144 valence electrons. The van der Waals surface area contributed by atoms with Crippen LogP contribution in [0.2, 0.25) is 0 Å². The Morgan fingerprint density at radius 2 is 1.78 bits per heavy atom. The van der Waals surface area contributed by atoms with Gasteiger partial charge in [0.15, 0.2) is 6.61 Å². The van der Waals surface area contributed by atoms with Gasteiger partial charge in [0, 0.05) is 23.7 Å². The molecular formula is C18H20N2O5S2. The monoisotopic (exact) mass is 408 g/mol. The number of aryl methyl sites for hydroxylation is 1. The first kappa shape index (κ1) is 19.5. The van der Waals surface area contributed by atoms with Crippen LogP contribution in [0, 0.1) is 6.92 Å². The van der Waals surface area contributed by atoms with Gasteiger partial charge in [0.1, 0.15) is 4.88 Å². The van der Waals surface area contributed by atoms with Gasteiger partial charge in [-0.15, -0.1) is 11.3 Å². The van der Waals surface area contributed by atoms with Crippen LogP contribution in [-0.2, 0) is 19.6 Å². The highest BCUT2D eigenvalue weighted by Gasteiger charge is 2.26. The van der Waals surface area contributed by atoms with Crippen molar-refractivity contribution in [1.82, 2.24) is 4.31 Å². The minimum absolute atomic E-state index is 0.196. The third kappa shape index (κ3) is 4.74. The van der Waals surface area contributed by atoms with Crippen LogP contribution >= 0.6 is 11.3 Å². The van der Waals surface area contributed by atoms with E-state index in [2.05, 4.69) is 5.32 Å². The lowest BCUT2D eigenvalue weighted by Crippen LogP contribution is -2.27. The summed E-state index contributed by atoms with van der Waals surface area (Å²) >= 11 is 1.30. The number of ether oxygens (including phenoxy) is 1. The summed E-state index contributed by atoms with van der Waals surface area (Å²) in [5.41, 5.74) is 0.434. The topological polar surface area (TPSA) is 92.8 Å². The van der Waals surface area contributed by atoms with Gasteiger partial charge in [-0.05, 0) is 56.2 Å². The second-order valence-electron chi connectivity index (χ2n) is 6.17. The number of nitrogens with one attached hydrogen (secondary N) is 1. The number of benzene rings is 1. The van der Waals surface area contributed by atoms with Crippen molar-refractivity contribution in [3.8, 4) is 0 Å². The van der Waals surface area contributed by atoms with Gasteiger partial charge in [0.05, 0.1) is 4.90 Å². The van der Waals surface area contributed by atoms with E-state index in [1.165, 1.54) is 39.9 Å². The van der Waals surface area contributed by atoms with E-state index in [-0.39, 0.29) is 4.90 Å². The van der Waals surface area contributed by atoms with Crippen LogP contribution in [0.3, 0.4) is 0 Å². The summed E-state index contributed by atoms with van der Waals surface area (Å²) in [5.74, 6) is -1.04. The third-order valence-electron chi connectivity index (χ3n) is 4.12. The van der Waals surface area contributed by atoms with Crippen molar-refractivity contribution in [2.45, 2.75) is 24.7 Å². The van der Waals surface area contributed by atoms with E-state index in [9.17, 15) is 18.0 Å². The summed E-state index contributed by atoms with van der Waals surface area (Å²) in [6, 6.07) is 9.42. The molecule has 2 aromatic rings. The van der Waals surface area contributed by atoms with Gasteiger partial charge in [-0.2, -0.15) is 4.31 Å². The molecule has 2 heterocycles. The molecule has 7 nitrogen and oxygen atoms in total. The zero-order valence-corrected chi connectivity index (χ0v) is 16.4. The largest absolute Gasteiger partial charge is 0.451 e. The van der Waals surface area contributed by atoms with Gasteiger partial charge in [-0.1, -0.05) is 0 Å². The number of hydrogen-bond acceptors (Lipinski definition) is 6. The summed E-state index contributed by atoms with van der Waals surface area (Å²) in [7, 11) is -3.48. The van der Waals surface area contributed by atoms with Crippen LogP contribution < -0.4 is 5.32 Å². The molecule has 1 fully saturated rings. The van der Waals surface area contributed by atoms with Crippen molar-refractivity contribution >= 4 is 38.9 Å². The highest BCUT2D eigenvalue weighted by molar-refractivity contribution is 7.89. The summed E-state index contributed by atoms with van der Waals surface area (Å²) in [5, 5.41) is 2.58. The van der Waals surface area contributed by atoms with Crippen LogP contribution in [-0.4, -0.2) is 44.3 Å². The standard InChI is InChI=1S/C18H20N2O5S2/c1-13-4-9-16(26-13)18(22)25-12-17(21)19-14-5-7-15(8-6-14)27(23,24)20-10-2-3-11-20/h4-9H,2-3,10-12H2,1H3,(H,19,21). The molecule has 9 heteroatoms. The Labute approximate surface area is 162 Å². The number of carbonyl (C=O) groups excluding carboxylic acids is 2. The lowest BCUT2D eigenvalue weighted by atomic mass is 10.3. The molecule has 0 spiro atoms. The lowest BCUT2D eigenvalue weighted by molar-refractivity contribution is -0.119. The predicted molar refractivity (Wildman–Crippen MR) is 102 cm³/mol. The second kappa shape index (κ2) is 8.20. The molecule has 1 amide bonds. The number of esters is 1. The number of thiophene rings is 1. The molecule has 1 aromatic heterocycles. The number of hydrogen-bond donors (Lipinski definition) is 1. The van der Waals surface area contributed by atoms with Crippen molar-refractivity contribution in [1.29, 1.82) is 0 Å². The number of anilines is 1. The Kier molecular flexibility index (Phi) is 5.93. The first-order chi connectivity index (χ1) is 12.9. The SMILES string of the molecule is Cc1ccc(C(=O)OCC(=O)Nc2ccc(S(=O)(=O)N3CCCC3)cc2)s1. The molecule has 27 heavy (non-hydrogen) atoms. The molecule has 0 aliphatic carbocycles. The van der Waals surface area contributed by atoms with E-state index in [4.69, 9.17) is 4.74 Å². The Balaban J connectivity index is 1.54. The Morgan fingerprint density at radius 1 is 1.11 bits per heavy atom. The molecular weight excluding hydrogens is 388 g/mol. The average molecular weight is 409 g/mol. The van der Waals surface area contributed by atoms with Crippen molar-refractivity contribution in [3.05, 3.63) is 46.2 Å². The van der Waals surface area contributed by atoms with E-state index in [1.807, 2.05) is 6.92 Å². The molecule has 1 N–H and O–H groups in total. The molecule has 0 bridgehead atoms. The first-order valence-corrected chi connectivity index (χ1v) is 10.8. The summed E-state index contributed by atoms with van der Waals surface area (Å²) in [6.07, 6.45) is 1.74. The van der Waals surface area contributed by atoms with Crippen LogP contribution in [0.15, 0.2) is 41.3 Å². The first-order valence-electron chi connectivity index (χ1n) is 8.50. The average Bonchev–Trinajstić information content (AvgIpc) is 3.32. The third-order valence-corrected chi connectivity index (χ3v) is 7.01. The molecule has 3 rings (SSSR count). The van der Waals surface area contributed by atoms with Crippen molar-refractivity contribution < 1.29 is 22.7 Å². The molecule has 1 aliphatic heterocycles. The second-order valence-corrected chi connectivity index (χ2v) is 9.40. The predicted octanol–water partition coefficient (Wildman–Crippen LogP) is 2.64. The van der Waals surface area contributed by atoms with Crippen molar-refractivity contribution in [2.75, 3.05) is 25.0 Å². The molecule has 1 saturated heterocycles. The minimum atomic E-state index is -3.48. The maximum Gasteiger partial charge on any atom is 0.348 e. The Morgan fingerprint density at radius 3 is 2.37 bits per heavy atom. The van der Waals surface area contributed by atoms with Gasteiger partial charge >= 0.3 is 5.97 Å². The fourth-order valence-electron chi connectivity index (χ4n) is 2.73. The number of amides is 1. The highest BCUT2D eigenvalue weighted by atomic mass is 32.2. The van der Waals surface area contributed by atoms with Crippen LogP contribution in [0.1, 0.15) is 27.4 Å². The number of nitrogens with zero attached hydrogens (tertiary/aromatic N) is 1. The summed E-state index contributed by atoms with van der Waals surface area (Å²) in [4.78, 5) is 25.4. The Hall–Kier alpha value is -2.23. The van der Waals surface area contributed by atoms with E-state index in [0.717, 1.165) is 17.7 Å². The quantitative estimate of drug-likeness (QED) is 0.742. The van der Waals surface area contributed by atoms with Gasteiger partial charge in [0.2, 0.25) is 10.0 Å². The smallest absolute Gasteiger partial charge is 0.348 e. The van der Waals surface area contributed by atoms with Crippen molar-refractivity contribution in [2.24, 2.45) is 0 Å². The van der Waals surface area contributed by atoms with E-state index in [1.54, 1.807) is 12.1 Å². The minimum Gasteiger partial charge on any atom is -0.451 e. The zero-order valence-electron chi connectivity index (χ0n) is 14.8. The fraction of sp³-hybridized carbons (Fsp3) is 0.333. The van der Waals surface area contributed by atoms with E-state index in [0.29, 0.717) is 23.7 Å². The summed E-state index contributed by atoms with van der Waals surface area (Å²) < 4.78 is 31.4. The molecule has 0 atom stereocenters. The van der Waals surface area contributed by atoms with Gasteiger partial charge in [-0.3, -0.25) is 4.79 Å². The molecule has 0 unspecified atom stereocenters. The lowest BCUT2D eigenvalue weighted by Gasteiger charge is -2.15. The molecule has 1 aromatic carbocycles. The fourth-order valence-corrected chi connectivity index (χ4v) is 5.01. The van der Waals surface area contributed by atoms with Gasteiger partial charge in [-0.25, -0.2) is 13.2 Å². The summed E-state index contributed by atoms with van der Waals surface area (Å²) in [6.45, 7) is 2.54. The molecule has 0 radical (unpaired) electrons. The number of rotatable bonds is 6. The number of sulfonamides is 1. The van der Waals surface area contributed by atoms with Gasteiger partial charge < -0.3 is 10.1 Å². The maximum absolute atomic E-state index is 12.5. The van der Waals surface area contributed by atoms with E-state index < -0.39 is 28.5 Å². The molecule has 0 saturated carbocycles. The highest BCUT2D eigenvalue weighted by Crippen LogP contribution is 2.22. The Bertz CT molecular complexity index is 929. The zero-order chi connectivity index (χ0) is 19.4. The van der Waals surface area contributed by atoms with Gasteiger partial charge in [0.25, 0.3) is 5.91 Å².